The van der Waals surface area contributed by atoms with E-state index in [2.05, 4.69) is 60.4 Å². The van der Waals surface area contributed by atoms with Crippen LogP contribution in [0.2, 0.25) is 0 Å². The first kappa shape index (κ1) is 18.3. The number of nitrogens with two attached hydrogens (primary N) is 1. The Morgan fingerprint density at radius 1 is 0.958 bits per heavy atom. The van der Waals surface area contributed by atoms with Gasteiger partial charge in [-0.2, -0.15) is 0 Å². The second-order valence-corrected chi connectivity index (χ2v) is 6.65. The van der Waals surface area contributed by atoms with Crippen molar-refractivity contribution in [2.75, 3.05) is 6.61 Å². The molecule has 0 fully saturated rings. The van der Waals surface area contributed by atoms with E-state index >= 15 is 0 Å². The van der Waals surface area contributed by atoms with E-state index in [1.165, 1.54) is 11.1 Å². The molecule has 2 rings (SSSR count). The van der Waals surface area contributed by atoms with Crippen molar-refractivity contribution in [3.8, 4) is 11.8 Å². The first-order chi connectivity index (χ1) is 11.6. The van der Waals surface area contributed by atoms with E-state index < -0.39 is 5.54 Å². The molecule has 0 aliphatic rings. The minimum atomic E-state index is -0.503. The van der Waals surface area contributed by atoms with Crippen LogP contribution in [0.5, 0.6) is 0 Å². The highest BCUT2D eigenvalue weighted by Crippen LogP contribution is 2.12. The molecule has 3 N–H and O–H groups in total. The van der Waals surface area contributed by atoms with Gasteiger partial charge in [-0.3, -0.25) is 0 Å². The quantitative estimate of drug-likeness (QED) is 0.603. The molecule has 0 aliphatic heterocycles. The van der Waals surface area contributed by atoms with Gasteiger partial charge in [0.2, 0.25) is 0 Å². The Labute approximate surface area is 145 Å². The second-order valence-electron chi connectivity index (χ2n) is 6.65. The number of aryl methyl sites for hydroxylation is 2. The van der Waals surface area contributed by atoms with Crippen molar-refractivity contribution < 1.29 is 5.11 Å². The number of benzene rings is 2. The van der Waals surface area contributed by atoms with Crippen molar-refractivity contribution >= 4 is 0 Å². The largest absolute Gasteiger partial charge is 0.394 e. The Hall–Kier alpha value is -2.08. The summed E-state index contributed by atoms with van der Waals surface area (Å²) in [6, 6.07) is 18.9. The lowest BCUT2D eigenvalue weighted by molar-refractivity contribution is 0.200. The first-order valence-electron chi connectivity index (χ1n) is 8.60. The van der Waals surface area contributed by atoms with Gasteiger partial charge in [0.25, 0.3) is 0 Å². The number of aliphatic hydroxyl groups excluding tert-OH is 1. The lowest BCUT2D eigenvalue weighted by Crippen LogP contribution is -2.40. The maximum atomic E-state index is 9.19. The summed E-state index contributed by atoms with van der Waals surface area (Å²) in [4.78, 5) is 0. The third-order valence-corrected chi connectivity index (χ3v) is 4.14. The van der Waals surface area contributed by atoms with Gasteiger partial charge in [0.05, 0.1) is 6.61 Å². The zero-order chi connectivity index (χ0) is 17.3. The van der Waals surface area contributed by atoms with Crippen molar-refractivity contribution in [1.82, 2.24) is 0 Å². The van der Waals surface area contributed by atoms with Crippen molar-refractivity contribution in [2.45, 2.75) is 44.6 Å². The minimum absolute atomic E-state index is 0.0134. The fourth-order valence-electron chi connectivity index (χ4n) is 2.45. The Morgan fingerprint density at radius 2 is 1.62 bits per heavy atom. The van der Waals surface area contributed by atoms with E-state index in [1.54, 1.807) is 0 Å². The van der Waals surface area contributed by atoms with Gasteiger partial charge in [-0.05, 0) is 55.9 Å². The third kappa shape index (κ3) is 6.58. The summed E-state index contributed by atoms with van der Waals surface area (Å²) in [6.07, 6.45) is 4.73. The van der Waals surface area contributed by atoms with Gasteiger partial charge in [0, 0.05) is 17.5 Å². The van der Waals surface area contributed by atoms with Crippen LogP contribution >= 0.6 is 0 Å². The summed E-state index contributed by atoms with van der Waals surface area (Å²) in [5.41, 5.74) is 9.11. The summed E-state index contributed by atoms with van der Waals surface area (Å²) in [5.74, 6) is 6.48. The topological polar surface area (TPSA) is 46.2 Å². The molecule has 0 saturated carbocycles. The van der Waals surface area contributed by atoms with Crippen LogP contribution in [-0.2, 0) is 12.8 Å². The number of unbranched alkanes of at least 4 members (excludes halogenated alkanes) is 1. The molecular formula is C22H27NO. The molecule has 24 heavy (non-hydrogen) atoms. The molecule has 2 nitrogen and oxygen atoms in total. The third-order valence-electron chi connectivity index (χ3n) is 4.14. The lowest BCUT2D eigenvalue weighted by Gasteiger charge is -2.21. The van der Waals surface area contributed by atoms with Crippen LogP contribution < -0.4 is 5.73 Å². The average Bonchev–Trinajstić information content (AvgIpc) is 2.62. The van der Waals surface area contributed by atoms with E-state index in [-0.39, 0.29) is 6.61 Å². The van der Waals surface area contributed by atoms with E-state index in [1.807, 2.05) is 13.0 Å². The van der Waals surface area contributed by atoms with Crippen LogP contribution in [0.3, 0.4) is 0 Å². The van der Waals surface area contributed by atoms with Crippen LogP contribution in [-0.4, -0.2) is 17.3 Å². The molecule has 2 aromatic carbocycles. The van der Waals surface area contributed by atoms with Crippen molar-refractivity contribution in [3.63, 3.8) is 0 Å². The summed E-state index contributed by atoms with van der Waals surface area (Å²) < 4.78 is 0. The number of hydrogen-bond acceptors (Lipinski definition) is 2. The fourth-order valence-corrected chi connectivity index (χ4v) is 2.45. The normalized spacial score (nSPS) is 13.0. The van der Waals surface area contributed by atoms with Crippen LogP contribution in [0, 0.1) is 11.8 Å². The van der Waals surface area contributed by atoms with E-state index in [0.717, 1.165) is 37.7 Å². The molecular weight excluding hydrogens is 294 g/mol. The highest BCUT2D eigenvalue weighted by molar-refractivity contribution is 5.36. The Kier molecular flexibility index (Phi) is 7.06. The molecule has 1 atom stereocenters. The van der Waals surface area contributed by atoms with Crippen LogP contribution in [0.25, 0.3) is 0 Å². The van der Waals surface area contributed by atoms with Gasteiger partial charge in [-0.1, -0.05) is 54.3 Å². The van der Waals surface area contributed by atoms with Crippen molar-refractivity contribution in [2.24, 2.45) is 5.73 Å². The van der Waals surface area contributed by atoms with Gasteiger partial charge < -0.3 is 10.8 Å². The maximum Gasteiger partial charge on any atom is 0.0608 e. The summed E-state index contributed by atoms with van der Waals surface area (Å²) in [7, 11) is 0. The molecule has 0 bridgehead atoms. The molecule has 2 heteroatoms. The van der Waals surface area contributed by atoms with E-state index in [4.69, 9.17) is 5.73 Å². The van der Waals surface area contributed by atoms with E-state index in [9.17, 15) is 5.11 Å². The number of aliphatic hydroxyl groups is 1. The summed E-state index contributed by atoms with van der Waals surface area (Å²) in [5, 5.41) is 9.19. The Balaban J connectivity index is 1.76. The van der Waals surface area contributed by atoms with Gasteiger partial charge in [0.1, 0.15) is 0 Å². The van der Waals surface area contributed by atoms with Gasteiger partial charge in [-0.15, -0.1) is 0 Å². The predicted molar refractivity (Wildman–Crippen MR) is 101 cm³/mol. The molecule has 0 amide bonds. The smallest absolute Gasteiger partial charge is 0.0608 e. The fraction of sp³-hybridized carbons (Fsp3) is 0.364. The van der Waals surface area contributed by atoms with Crippen LogP contribution in [0.15, 0.2) is 54.6 Å². The van der Waals surface area contributed by atoms with E-state index in [0.29, 0.717) is 0 Å². The van der Waals surface area contributed by atoms with Gasteiger partial charge >= 0.3 is 0 Å². The van der Waals surface area contributed by atoms with Crippen LogP contribution in [0.4, 0.5) is 0 Å². The van der Waals surface area contributed by atoms with Gasteiger partial charge in [0.15, 0.2) is 0 Å². The molecule has 126 valence electrons. The molecule has 0 saturated heterocycles. The summed E-state index contributed by atoms with van der Waals surface area (Å²) in [6.45, 7) is 1.89. The standard InChI is InChI=1S/C22H27NO/c1-22(23,18-24)17-16-21-14-12-20(13-15-21)11-7-3-6-10-19-8-4-2-5-9-19/h2,4-5,8-9,12-15,24H,3,6,10,16-18,23H2,1H3. The second kappa shape index (κ2) is 9.27. The molecule has 1 unspecified atom stereocenters. The van der Waals surface area contributed by atoms with Crippen molar-refractivity contribution in [1.29, 1.82) is 0 Å². The molecule has 0 aromatic heterocycles. The number of hydrogen-bond donors (Lipinski definition) is 2. The number of rotatable bonds is 7. The van der Waals surface area contributed by atoms with Gasteiger partial charge in [-0.25, -0.2) is 0 Å². The predicted octanol–water partition coefficient (Wildman–Crippen LogP) is 3.70. The minimum Gasteiger partial charge on any atom is -0.394 e. The highest BCUT2D eigenvalue weighted by atomic mass is 16.3. The SMILES string of the molecule is CC(N)(CO)CCc1ccc(C#CCCCc2ccccc2)cc1. The first-order valence-corrected chi connectivity index (χ1v) is 8.60. The highest BCUT2D eigenvalue weighted by Gasteiger charge is 2.16. The average molecular weight is 321 g/mol. The zero-order valence-corrected chi connectivity index (χ0v) is 14.5. The zero-order valence-electron chi connectivity index (χ0n) is 14.5. The Bertz CT molecular complexity index is 663. The molecule has 0 aliphatic carbocycles. The summed E-state index contributed by atoms with van der Waals surface area (Å²) >= 11 is 0. The molecule has 0 spiro atoms. The lowest BCUT2D eigenvalue weighted by atomic mass is 9.95. The Morgan fingerprint density at radius 3 is 2.29 bits per heavy atom. The monoisotopic (exact) mass is 321 g/mol. The van der Waals surface area contributed by atoms with Crippen LogP contribution in [0.1, 0.15) is 42.9 Å². The maximum absolute atomic E-state index is 9.19. The molecule has 0 heterocycles. The molecule has 2 aromatic rings. The van der Waals surface area contributed by atoms with Crippen molar-refractivity contribution in [3.05, 3.63) is 71.3 Å². The molecule has 0 radical (unpaired) electrons.